The molecule has 1 N–H and O–H groups in total. The smallest absolute Gasteiger partial charge is 0.144 e. The van der Waals surface area contributed by atoms with Crippen molar-refractivity contribution in [2.45, 2.75) is 31.8 Å². The zero-order valence-electron chi connectivity index (χ0n) is 11.3. The maximum Gasteiger partial charge on any atom is 0.144 e. The van der Waals surface area contributed by atoms with Crippen molar-refractivity contribution in [1.82, 2.24) is 0 Å². The molecule has 1 aliphatic carbocycles. The molecule has 0 bridgehead atoms. The minimum absolute atomic E-state index is 0.358. The van der Waals surface area contributed by atoms with E-state index in [0.29, 0.717) is 0 Å². The van der Waals surface area contributed by atoms with Crippen LogP contribution in [0, 0.1) is 0 Å². The molecule has 0 aromatic heterocycles. The van der Waals surface area contributed by atoms with Gasteiger partial charge in [-0.2, -0.15) is 0 Å². The first-order valence-electron chi connectivity index (χ1n) is 6.47. The van der Waals surface area contributed by atoms with E-state index in [-0.39, 0.29) is 6.10 Å². The molecule has 0 amide bonds. The average molecular weight is 327 g/mol. The van der Waals surface area contributed by atoms with Gasteiger partial charge in [-0.3, -0.25) is 0 Å². The van der Waals surface area contributed by atoms with Crippen LogP contribution >= 0.6 is 15.9 Å². The number of allylic oxidation sites excluding steroid dienone is 1. The molecule has 0 spiro atoms. The zero-order chi connectivity index (χ0) is 13.8. The highest BCUT2D eigenvalue weighted by molar-refractivity contribution is 9.10. The fourth-order valence-electron chi connectivity index (χ4n) is 2.44. The SMILES string of the molecule is COc1ccc(C2=CC(O)CCCC2)c(OC)c1Br. The quantitative estimate of drug-likeness (QED) is 0.918. The fourth-order valence-corrected chi connectivity index (χ4v) is 3.11. The molecule has 0 heterocycles. The molecule has 0 fully saturated rings. The van der Waals surface area contributed by atoms with Crippen LogP contribution in [-0.2, 0) is 0 Å². The summed E-state index contributed by atoms with van der Waals surface area (Å²) in [7, 11) is 3.28. The van der Waals surface area contributed by atoms with E-state index in [9.17, 15) is 5.11 Å². The van der Waals surface area contributed by atoms with Gasteiger partial charge in [0.05, 0.1) is 20.3 Å². The van der Waals surface area contributed by atoms with Gasteiger partial charge in [0.1, 0.15) is 16.0 Å². The van der Waals surface area contributed by atoms with Gasteiger partial charge < -0.3 is 14.6 Å². The maximum absolute atomic E-state index is 9.90. The molecule has 1 aromatic rings. The van der Waals surface area contributed by atoms with Crippen molar-refractivity contribution in [3.8, 4) is 11.5 Å². The minimum Gasteiger partial charge on any atom is -0.495 e. The summed E-state index contributed by atoms with van der Waals surface area (Å²) in [4.78, 5) is 0. The maximum atomic E-state index is 9.90. The molecule has 1 aromatic carbocycles. The molecular formula is C15H19BrO3. The summed E-state index contributed by atoms with van der Waals surface area (Å²) in [6.07, 6.45) is 5.54. The molecule has 4 heteroatoms. The van der Waals surface area contributed by atoms with Crippen LogP contribution in [0.3, 0.4) is 0 Å². The summed E-state index contributed by atoms with van der Waals surface area (Å²) in [6, 6.07) is 3.91. The first kappa shape index (κ1) is 14.4. The molecule has 3 nitrogen and oxygen atoms in total. The van der Waals surface area contributed by atoms with Gasteiger partial charge in [0, 0.05) is 5.56 Å². The van der Waals surface area contributed by atoms with Gasteiger partial charge in [0.15, 0.2) is 0 Å². The van der Waals surface area contributed by atoms with Gasteiger partial charge in [-0.15, -0.1) is 0 Å². The summed E-state index contributed by atoms with van der Waals surface area (Å²) in [6.45, 7) is 0. The van der Waals surface area contributed by atoms with Gasteiger partial charge in [-0.1, -0.05) is 12.5 Å². The largest absolute Gasteiger partial charge is 0.495 e. The molecule has 2 rings (SSSR count). The Morgan fingerprint density at radius 1 is 1.21 bits per heavy atom. The van der Waals surface area contributed by atoms with Gasteiger partial charge in [0.25, 0.3) is 0 Å². The van der Waals surface area contributed by atoms with Crippen molar-refractivity contribution in [1.29, 1.82) is 0 Å². The number of ether oxygens (including phenoxy) is 2. The highest BCUT2D eigenvalue weighted by Gasteiger charge is 2.18. The molecule has 0 saturated carbocycles. The van der Waals surface area contributed by atoms with Crippen LogP contribution in [0.15, 0.2) is 22.7 Å². The van der Waals surface area contributed by atoms with E-state index in [1.165, 1.54) is 0 Å². The van der Waals surface area contributed by atoms with Crippen molar-refractivity contribution in [2.75, 3.05) is 14.2 Å². The molecule has 1 unspecified atom stereocenters. The Balaban J connectivity index is 2.46. The van der Waals surface area contributed by atoms with Crippen molar-refractivity contribution < 1.29 is 14.6 Å². The average Bonchev–Trinajstić information content (AvgIpc) is 2.63. The Labute approximate surface area is 122 Å². The molecule has 0 radical (unpaired) electrons. The Morgan fingerprint density at radius 3 is 2.68 bits per heavy atom. The van der Waals surface area contributed by atoms with E-state index >= 15 is 0 Å². The van der Waals surface area contributed by atoms with Gasteiger partial charge >= 0.3 is 0 Å². The third-order valence-electron chi connectivity index (χ3n) is 3.42. The predicted octanol–water partition coefficient (Wildman–Crippen LogP) is 3.78. The van der Waals surface area contributed by atoms with Crippen LogP contribution in [0.2, 0.25) is 0 Å². The van der Waals surface area contributed by atoms with E-state index in [1.54, 1.807) is 14.2 Å². The predicted molar refractivity (Wildman–Crippen MR) is 79.7 cm³/mol. The van der Waals surface area contributed by atoms with Crippen LogP contribution in [0.4, 0.5) is 0 Å². The lowest BCUT2D eigenvalue weighted by atomic mass is 10.00. The number of halogens is 1. The van der Waals surface area contributed by atoms with E-state index in [0.717, 1.165) is 52.8 Å². The minimum atomic E-state index is -0.358. The molecule has 0 aliphatic heterocycles. The Kier molecular flexibility index (Phi) is 4.88. The van der Waals surface area contributed by atoms with E-state index in [4.69, 9.17) is 9.47 Å². The second-order valence-corrected chi connectivity index (χ2v) is 5.46. The van der Waals surface area contributed by atoms with E-state index in [2.05, 4.69) is 15.9 Å². The van der Waals surface area contributed by atoms with Crippen LogP contribution in [0.25, 0.3) is 5.57 Å². The monoisotopic (exact) mass is 326 g/mol. The number of rotatable bonds is 3. The van der Waals surface area contributed by atoms with Crippen LogP contribution in [-0.4, -0.2) is 25.4 Å². The summed E-state index contributed by atoms with van der Waals surface area (Å²) in [5.74, 6) is 1.51. The second-order valence-electron chi connectivity index (χ2n) is 4.67. The second kappa shape index (κ2) is 6.44. The molecule has 0 saturated heterocycles. The van der Waals surface area contributed by atoms with E-state index < -0.39 is 0 Å². The summed E-state index contributed by atoms with van der Waals surface area (Å²) >= 11 is 3.51. The van der Waals surface area contributed by atoms with Crippen molar-refractivity contribution in [3.63, 3.8) is 0 Å². The lowest BCUT2D eigenvalue weighted by Crippen LogP contribution is -2.01. The van der Waals surface area contributed by atoms with Crippen LogP contribution in [0.1, 0.15) is 31.2 Å². The van der Waals surface area contributed by atoms with Crippen molar-refractivity contribution in [2.24, 2.45) is 0 Å². The Morgan fingerprint density at radius 2 is 2.00 bits per heavy atom. The molecule has 1 aliphatic rings. The highest BCUT2D eigenvalue weighted by Crippen LogP contribution is 2.41. The number of aliphatic hydroxyl groups excluding tert-OH is 1. The van der Waals surface area contributed by atoms with Gasteiger partial charge in [-0.05, 0) is 52.9 Å². The number of aliphatic hydroxyl groups is 1. The first-order chi connectivity index (χ1) is 9.17. The molecule has 19 heavy (non-hydrogen) atoms. The third-order valence-corrected chi connectivity index (χ3v) is 4.17. The lowest BCUT2D eigenvalue weighted by molar-refractivity contribution is 0.211. The molecular weight excluding hydrogens is 308 g/mol. The number of methoxy groups -OCH3 is 2. The topological polar surface area (TPSA) is 38.7 Å². The van der Waals surface area contributed by atoms with Gasteiger partial charge in [-0.25, -0.2) is 0 Å². The molecule has 1 atom stereocenters. The van der Waals surface area contributed by atoms with Gasteiger partial charge in [0.2, 0.25) is 0 Å². The highest BCUT2D eigenvalue weighted by atomic mass is 79.9. The van der Waals surface area contributed by atoms with Crippen molar-refractivity contribution >= 4 is 21.5 Å². The number of hydrogen-bond donors (Lipinski definition) is 1. The lowest BCUT2D eigenvalue weighted by Gasteiger charge is -2.15. The standard InChI is InChI=1S/C15H19BrO3/c1-18-13-8-7-12(15(19-2)14(13)16)10-5-3-4-6-11(17)9-10/h7-9,11,17H,3-6H2,1-2H3. The summed E-state index contributed by atoms with van der Waals surface area (Å²) in [5.41, 5.74) is 2.17. The summed E-state index contributed by atoms with van der Waals surface area (Å²) < 4.78 is 11.6. The first-order valence-corrected chi connectivity index (χ1v) is 7.26. The number of hydrogen-bond acceptors (Lipinski definition) is 3. The van der Waals surface area contributed by atoms with Crippen molar-refractivity contribution in [3.05, 3.63) is 28.2 Å². The number of benzene rings is 1. The zero-order valence-corrected chi connectivity index (χ0v) is 12.9. The van der Waals surface area contributed by atoms with Crippen LogP contribution in [0.5, 0.6) is 11.5 Å². The summed E-state index contributed by atoms with van der Waals surface area (Å²) in [5, 5.41) is 9.90. The molecule has 104 valence electrons. The fraction of sp³-hybridized carbons (Fsp3) is 0.467. The Bertz CT molecular complexity index is 483. The van der Waals surface area contributed by atoms with E-state index in [1.807, 2.05) is 18.2 Å². The normalized spacial score (nSPS) is 19.6. The third kappa shape index (κ3) is 3.12. The van der Waals surface area contributed by atoms with Crippen LogP contribution < -0.4 is 9.47 Å². The Hall–Kier alpha value is -1.00.